The van der Waals surface area contributed by atoms with Crippen molar-refractivity contribution >= 4 is 11.8 Å². The van der Waals surface area contributed by atoms with E-state index in [9.17, 15) is 14.7 Å². The molecule has 0 spiro atoms. The summed E-state index contributed by atoms with van der Waals surface area (Å²) in [6, 6.07) is 0. The van der Waals surface area contributed by atoms with Gasteiger partial charge < -0.3 is 9.84 Å². The van der Waals surface area contributed by atoms with Crippen LogP contribution in [0.4, 0.5) is 0 Å². The van der Waals surface area contributed by atoms with Gasteiger partial charge in [0.15, 0.2) is 0 Å². The van der Waals surface area contributed by atoms with E-state index in [2.05, 4.69) is 6.92 Å². The summed E-state index contributed by atoms with van der Waals surface area (Å²) in [5, 5.41) is 10.1. The molecule has 4 heteroatoms. The summed E-state index contributed by atoms with van der Waals surface area (Å²) in [5.74, 6) is 0.638. The number of hydrogen-bond donors (Lipinski definition) is 1. The Morgan fingerprint density at radius 1 is 1.09 bits per heavy atom. The molecule has 6 atom stereocenters. The number of fused-ring (bicyclic) bond motifs is 1. The molecule has 2 aliphatic carbocycles. The molecule has 1 aliphatic heterocycles. The summed E-state index contributed by atoms with van der Waals surface area (Å²) < 4.78 is 5.67. The predicted molar refractivity (Wildman–Crippen MR) is 86.6 cm³/mol. The van der Waals surface area contributed by atoms with Crippen LogP contribution in [0.3, 0.4) is 0 Å². The first kappa shape index (κ1) is 16.9. The van der Waals surface area contributed by atoms with Gasteiger partial charge in [-0.1, -0.05) is 13.8 Å². The Hall–Kier alpha value is -0.900. The van der Waals surface area contributed by atoms with Crippen molar-refractivity contribution in [2.75, 3.05) is 6.61 Å². The Balaban J connectivity index is 1.85. The number of aliphatic hydroxyl groups excluding tert-OH is 1. The van der Waals surface area contributed by atoms with Crippen LogP contribution in [0.15, 0.2) is 0 Å². The number of hydrogen-bond acceptors (Lipinski definition) is 4. The van der Waals surface area contributed by atoms with Gasteiger partial charge in [0.2, 0.25) is 0 Å². The van der Waals surface area contributed by atoms with E-state index in [4.69, 9.17) is 4.74 Å². The van der Waals surface area contributed by atoms with E-state index in [1.165, 1.54) is 0 Å². The minimum absolute atomic E-state index is 0.0379. The number of cyclic esters (lactones) is 1. The maximum absolute atomic E-state index is 12.7. The fourth-order valence-corrected chi connectivity index (χ4v) is 5.64. The zero-order chi connectivity index (χ0) is 16.8. The van der Waals surface area contributed by atoms with Gasteiger partial charge >= 0.3 is 5.97 Å². The van der Waals surface area contributed by atoms with Crippen molar-refractivity contribution < 1.29 is 19.4 Å². The first-order valence-electron chi connectivity index (χ1n) is 9.22. The van der Waals surface area contributed by atoms with Crippen molar-refractivity contribution in [1.29, 1.82) is 0 Å². The maximum atomic E-state index is 12.7. The molecule has 1 saturated heterocycles. The van der Waals surface area contributed by atoms with E-state index in [-0.39, 0.29) is 41.8 Å². The van der Waals surface area contributed by atoms with Gasteiger partial charge in [-0.25, -0.2) is 0 Å². The average Bonchev–Trinajstić information content (AvgIpc) is 2.84. The number of rotatable bonds is 3. The quantitative estimate of drug-likeness (QED) is 0.811. The molecule has 3 fully saturated rings. The lowest BCUT2D eigenvalue weighted by Gasteiger charge is -2.51. The van der Waals surface area contributed by atoms with Crippen LogP contribution in [0.2, 0.25) is 0 Å². The number of ether oxygens (including phenoxy) is 1. The molecule has 23 heavy (non-hydrogen) atoms. The summed E-state index contributed by atoms with van der Waals surface area (Å²) in [4.78, 5) is 25.0. The Labute approximate surface area is 139 Å². The van der Waals surface area contributed by atoms with Crippen LogP contribution in [-0.4, -0.2) is 29.6 Å². The Kier molecular flexibility index (Phi) is 4.33. The van der Waals surface area contributed by atoms with Crippen molar-refractivity contribution in [3.63, 3.8) is 0 Å². The molecule has 0 amide bonds. The number of aliphatic hydroxyl groups is 1. The lowest BCUT2D eigenvalue weighted by Crippen LogP contribution is -2.53. The lowest BCUT2D eigenvalue weighted by molar-refractivity contribution is -0.181. The van der Waals surface area contributed by atoms with Crippen molar-refractivity contribution in [3.05, 3.63) is 0 Å². The van der Waals surface area contributed by atoms with Crippen molar-refractivity contribution in [1.82, 2.24) is 0 Å². The Morgan fingerprint density at radius 2 is 1.74 bits per heavy atom. The summed E-state index contributed by atoms with van der Waals surface area (Å²) >= 11 is 0. The minimum atomic E-state index is -0.508. The van der Waals surface area contributed by atoms with E-state index in [1.54, 1.807) is 0 Å². The van der Waals surface area contributed by atoms with Crippen LogP contribution < -0.4 is 0 Å². The molecule has 1 unspecified atom stereocenters. The fourth-order valence-electron chi connectivity index (χ4n) is 5.64. The molecule has 0 radical (unpaired) electrons. The smallest absolute Gasteiger partial charge is 0.312 e. The highest BCUT2D eigenvalue weighted by atomic mass is 16.5. The third-order valence-corrected chi connectivity index (χ3v) is 7.36. The minimum Gasteiger partial charge on any atom is -0.462 e. The van der Waals surface area contributed by atoms with Gasteiger partial charge in [0, 0.05) is 18.4 Å². The van der Waals surface area contributed by atoms with Crippen LogP contribution in [0.1, 0.15) is 65.7 Å². The topological polar surface area (TPSA) is 63.6 Å². The van der Waals surface area contributed by atoms with Gasteiger partial charge in [-0.2, -0.15) is 0 Å². The highest BCUT2D eigenvalue weighted by Crippen LogP contribution is 2.59. The second-order valence-corrected chi connectivity index (χ2v) is 8.37. The number of Topliss-reactive ketones (excluding diaryl/α,β-unsaturated/α-hetero) is 1. The summed E-state index contributed by atoms with van der Waals surface area (Å²) in [6.07, 6.45) is 5.83. The van der Waals surface area contributed by atoms with Gasteiger partial charge in [0.1, 0.15) is 11.9 Å². The zero-order valence-corrected chi connectivity index (χ0v) is 14.6. The third-order valence-electron chi connectivity index (χ3n) is 7.36. The highest BCUT2D eigenvalue weighted by molar-refractivity contribution is 5.87. The normalized spacial score (nSPS) is 47.3. The van der Waals surface area contributed by atoms with E-state index in [0.717, 1.165) is 38.5 Å². The van der Waals surface area contributed by atoms with E-state index in [1.807, 2.05) is 13.8 Å². The van der Waals surface area contributed by atoms with Gasteiger partial charge in [-0.15, -0.1) is 0 Å². The van der Waals surface area contributed by atoms with Crippen LogP contribution in [-0.2, 0) is 14.3 Å². The van der Waals surface area contributed by atoms with Gasteiger partial charge in [0.05, 0.1) is 5.41 Å². The SMILES string of the molecule is CCC1CC[C@](C)([C@H]2CC[C@]3(C)C(=O)CC[C@H]3[C@@H]2CO)C(=O)O1. The Morgan fingerprint density at radius 3 is 2.35 bits per heavy atom. The second kappa shape index (κ2) is 5.87. The molecular formula is C19H30O4. The monoisotopic (exact) mass is 322 g/mol. The first-order valence-corrected chi connectivity index (χ1v) is 9.22. The molecular weight excluding hydrogens is 292 g/mol. The molecule has 4 nitrogen and oxygen atoms in total. The number of carbonyl (C=O) groups excluding carboxylic acids is 2. The largest absolute Gasteiger partial charge is 0.462 e. The van der Waals surface area contributed by atoms with Crippen molar-refractivity contribution in [2.24, 2.45) is 28.6 Å². The summed E-state index contributed by atoms with van der Waals surface area (Å²) in [5.41, 5.74) is -0.795. The molecule has 0 aromatic carbocycles. The number of ketones is 1. The molecule has 2 saturated carbocycles. The van der Waals surface area contributed by atoms with Crippen LogP contribution in [0.25, 0.3) is 0 Å². The van der Waals surface area contributed by atoms with E-state index >= 15 is 0 Å². The molecule has 1 heterocycles. The lowest BCUT2D eigenvalue weighted by atomic mass is 9.53. The molecule has 1 N–H and O–H groups in total. The number of carbonyl (C=O) groups is 2. The van der Waals surface area contributed by atoms with Gasteiger partial charge in [-0.05, 0) is 63.2 Å². The first-order chi connectivity index (χ1) is 10.9. The van der Waals surface area contributed by atoms with E-state index in [0.29, 0.717) is 12.2 Å². The molecule has 0 bridgehead atoms. The second-order valence-electron chi connectivity index (χ2n) is 8.37. The molecule has 0 aromatic rings. The van der Waals surface area contributed by atoms with Crippen molar-refractivity contribution in [3.8, 4) is 0 Å². The van der Waals surface area contributed by atoms with Crippen LogP contribution >= 0.6 is 0 Å². The number of esters is 1. The van der Waals surface area contributed by atoms with Gasteiger partial charge in [0.25, 0.3) is 0 Å². The van der Waals surface area contributed by atoms with Gasteiger partial charge in [-0.3, -0.25) is 9.59 Å². The molecule has 3 aliphatic rings. The predicted octanol–water partition coefficient (Wildman–Crippen LogP) is 3.11. The molecule has 130 valence electrons. The van der Waals surface area contributed by atoms with Crippen molar-refractivity contribution in [2.45, 2.75) is 71.8 Å². The molecule has 0 aromatic heterocycles. The maximum Gasteiger partial charge on any atom is 0.312 e. The molecule has 3 rings (SSSR count). The van der Waals surface area contributed by atoms with E-state index < -0.39 is 5.41 Å². The summed E-state index contributed by atoms with van der Waals surface area (Å²) in [7, 11) is 0. The average molecular weight is 322 g/mol. The van der Waals surface area contributed by atoms with Crippen LogP contribution in [0, 0.1) is 28.6 Å². The van der Waals surface area contributed by atoms with Crippen LogP contribution in [0.5, 0.6) is 0 Å². The Bertz CT molecular complexity index is 502. The standard InChI is InChI=1S/C19H30O4/c1-4-12-7-9-19(3,17(22)23-12)15-8-10-18(2)14(13(15)11-20)5-6-16(18)21/h12-15,20H,4-11H2,1-3H3/t12?,13-,14-,15-,18-,19+/m0/s1. The fraction of sp³-hybridized carbons (Fsp3) is 0.895. The third kappa shape index (κ3) is 2.45. The summed E-state index contributed by atoms with van der Waals surface area (Å²) in [6.45, 7) is 6.21. The highest BCUT2D eigenvalue weighted by Gasteiger charge is 2.59. The zero-order valence-electron chi connectivity index (χ0n) is 14.6.